The summed E-state index contributed by atoms with van der Waals surface area (Å²) in [6.07, 6.45) is 5.98. The smallest absolute Gasteiger partial charge is 0.252 e. The fourth-order valence-electron chi connectivity index (χ4n) is 3.64. The first-order chi connectivity index (χ1) is 10.3. The second-order valence-electron chi connectivity index (χ2n) is 5.91. The van der Waals surface area contributed by atoms with Crippen LogP contribution < -0.4 is 0 Å². The van der Waals surface area contributed by atoms with Gasteiger partial charge in [0.05, 0.1) is 0 Å². The van der Waals surface area contributed by atoms with E-state index < -0.39 is 0 Å². The van der Waals surface area contributed by atoms with E-state index in [2.05, 4.69) is 22.4 Å². The average Bonchev–Trinajstić information content (AvgIpc) is 3.20. The maximum Gasteiger partial charge on any atom is 0.252 e. The number of thiocarbonyl (C=S) groups is 1. The van der Waals surface area contributed by atoms with Crippen molar-refractivity contribution < 1.29 is 4.79 Å². The molecule has 0 radical (unpaired) electrons. The topological polar surface area (TPSA) is 23.6 Å². The van der Waals surface area contributed by atoms with Crippen LogP contribution in [-0.2, 0) is 4.79 Å². The zero-order chi connectivity index (χ0) is 14.4. The lowest BCUT2D eigenvalue weighted by molar-refractivity contribution is -0.129. The normalized spacial score (nSPS) is 30.3. The molecule has 4 rings (SSSR count). The number of carbonyl (C=O) groups is 1. The molecule has 2 saturated heterocycles. The van der Waals surface area contributed by atoms with Gasteiger partial charge < -0.3 is 4.90 Å². The van der Waals surface area contributed by atoms with Gasteiger partial charge in [0.1, 0.15) is 11.4 Å². The summed E-state index contributed by atoms with van der Waals surface area (Å²) in [6.45, 7) is 0. The van der Waals surface area contributed by atoms with E-state index >= 15 is 0 Å². The van der Waals surface area contributed by atoms with Crippen LogP contribution in [-0.4, -0.2) is 38.7 Å². The molecule has 1 amide bonds. The molecule has 2 atom stereocenters. The van der Waals surface area contributed by atoms with Crippen LogP contribution in [0.1, 0.15) is 42.4 Å². The molecule has 0 spiro atoms. The molecule has 1 aromatic rings. The minimum atomic E-state index is -0.0310. The van der Waals surface area contributed by atoms with Gasteiger partial charge in [-0.3, -0.25) is 9.69 Å². The van der Waals surface area contributed by atoms with E-state index in [0.29, 0.717) is 6.04 Å². The predicted molar refractivity (Wildman–Crippen MR) is 91.5 cm³/mol. The van der Waals surface area contributed by atoms with Crippen molar-refractivity contribution in [3.05, 3.63) is 22.4 Å². The molecule has 1 saturated carbocycles. The molecule has 6 heteroatoms. The zero-order valence-corrected chi connectivity index (χ0v) is 14.2. The Hall–Kier alpha value is -0.590. The van der Waals surface area contributed by atoms with Crippen molar-refractivity contribution in [2.24, 2.45) is 0 Å². The van der Waals surface area contributed by atoms with Crippen molar-refractivity contribution in [3.8, 4) is 0 Å². The van der Waals surface area contributed by atoms with Crippen LogP contribution in [0, 0.1) is 0 Å². The Kier molecular flexibility index (Phi) is 3.71. The molecule has 2 aliphatic heterocycles. The number of rotatable bonds is 2. The highest BCUT2D eigenvalue weighted by Gasteiger charge is 2.52. The minimum Gasteiger partial charge on any atom is -0.319 e. The highest BCUT2D eigenvalue weighted by molar-refractivity contribution is 8.00. The number of thioether (sulfide) groups is 1. The van der Waals surface area contributed by atoms with E-state index in [1.165, 1.54) is 24.1 Å². The van der Waals surface area contributed by atoms with Crippen LogP contribution in [0.3, 0.4) is 0 Å². The third-order valence-electron chi connectivity index (χ3n) is 4.68. The van der Waals surface area contributed by atoms with E-state index in [0.717, 1.165) is 23.7 Å². The van der Waals surface area contributed by atoms with E-state index in [1.807, 2.05) is 16.7 Å². The number of hydrogen-bond acceptors (Lipinski definition) is 4. The second-order valence-corrected chi connectivity index (χ2v) is 8.36. The van der Waals surface area contributed by atoms with Crippen molar-refractivity contribution in [1.82, 2.24) is 9.80 Å². The summed E-state index contributed by atoms with van der Waals surface area (Å²) in [5, 5.41) is 3.11. The summed E-state index contributed by atoms with van der Waals surface area (Å²) in [5.41, 5.74) is 0. The van der Waals surface area contributed by atoms with Crippen LogP contribution in [0.15, 0.2) is 17.5 Å². The third-order valence-corrected chi connectivity index (χ3v) is 7.46. The monoisotopic (exact) mass is 338 g/mol. The lowest BCUT2D eigenvalue weighted by atomic mass is 9.94. The van der Waals surface area contributed by atoms with Crippen LogP contribution in [0.2, 0.25) is 0 Å². The van der Waals surface area contributed by atoms with Crippen molar-refractivity contribution in [1.29, 1.82) is 0 Å². The predicted octanol–water partition coefficient (Wildman–Crippen LogP) is 3.62. The Morgan fingerprint density at radius 3 is 2.76 bits per heavy atom. The van der Waals surface area contributed by atoms with Gasteiger partial charge in [0.15, 0.2) is 5.11 Å². The molecule has 112 valence electrons. The van der Waals surface area contributed by atoms with Crippen LogP contribution in [0.5, 0.6) is 0 Å². The first-order valence-electron chi connectivity index (χ1n) is 7.58. The number of amides is 1. The van der Waals surface area contributed by atoms with E-state index in [1.54, 1.807) is 11.3 Å². The molecule has 0 bridgehead atoms. The van der Waals surface area contributed by atoms with Crippen LogP contribution in [0.25, 0.3) is 0 Å². The number of hydrogen-bond donors (Lipinski definition) is 0. The lowest BCUT2D eigenvalue weighted by Crippen LogP contribution is -2.42. The highest BCUT2D eigenvalue weighted by atomic mass is 32.2. The van der Waals surface area contributed by atoms with Gasteiger partial charge in [-0.1, -0.05) is 25.3 Å². The molecular weight excluding hydrogens is 320 g/mol. The van der Waals surface area contributed by atoms with Gasteiger partial charge in [-0.05, 0) is 36.5 Å². The van der Waals surface area contributed by atoms with Gasteiger partial charge in [0, 0.05) is 16.7 Å². The lowest BCUT2D eigenvalue weighted by Gasteiger charge is -2.32. The molecule has 0 N–H and O–H groups in total. The summed E-state index contributed by atoms with van der Waals surface area (Å²) >= 11 is 9.32. The maximum absolute atomic E-state index is 12.8. The molecule has 0 unspecified atom stereocenters. The summed E-state index contributed by atoms with van der Waals surface area (Å²) < 4.78 is 0. The number of nitrogens with zero attached hydrogens (tertiary/aromatic N) is 2. The molecule has 21 heavy (non-hydrogen) atoms. The van der Waals surface area contributed by atoms with E-state index in [9.17, 15) is 4.79 Å². The summed E-state index contributed by atoms with van der Waals surface area (Å²) in [5.74, 6) is 1.11. The number of fused-ring (bicyclic) bond motifs is 1. The van der Waals surface area contributed by atoms with E-state index in [-0.39, 0.29) is 17.3 Å². The van der Waals surface area contributed by atoms with Gasteiger partial charge in [-0.25, -0.2) is 0 Å². The largest absolute Gasteiger partial charge is 0.319 e. The quantitative estimate of drug-likeness (QED) is 0.769. The Balaban J connectivity index is 1.61. The molecule has 1 aliphatic carbocycles. The van der Waals surface area contributed by atoms with Crippen LogP contribution >= 0.6 is 35.3 Å². The Labute approximate surface area is 138 Å². The SMILES string of the molecule is O=C1[C@H]2CS[C@H](c3cccs3)N2C(=S)N1C1CCCCC1. The minimum absolute atomic E-state index is 0.0310. The molecule has 3 heterocycles. The van der Waals surface area contributed by atoms with Crippen LogP contribution in [0.4, 0.5) is 0 Å². The average molecular weight is 339 g/mol. The maximum atomic E-state index is 12.8. The second kappa shape index (κ2) is 5.56. The molecule has 0 aromatic carbocycles. The molecule has 3 aliphatic rings. The molecule has 3 nitrogen and oxygen atoms in total. The zero-order valence-electron chi connectivity index (χ0n) is 11.7. The molecule has 3 fully saturated rings. The van der Waals surface area contributed by atoms with E-state index in [4.69, 9.17) is 12.2 Å². The number of thiophene rings is 1. The van der Waals surface area contributed by atoms with Crippen molar-refractivity contribution in [3.63, 3.8) is 0 Å². The Bertz CT molecular complexity index is 553. The third kappa shape index (κ3) is 2.23. The van der Waals surface area contributed by atoms with Gasteiger partial charge >= 0.3 is 0 Å². The number of carbonyl (C=O) groups excluding carboxylic acids is 1. The van der Waals surface area contributed by atoms with Crippen molar-refractivity contribution in [2.45, 2.75) is 49.6 Å². The van der Waals surface area contributed by atoms with Crippen molar-refractivity contribution >= 4 is 46.3 Å². The highest BCUT2D eigenvalue weighted by Crippen LogP contribution is 2.47. The summed E-state index contributed by atoms with van der Waals surface area (Å²) in [7, 11) is 0. The standard InChI is InChI=1S/C15H18N2OS3/c18-13-11-9-21-14(12-7-4-8-20-12)17(11)15(19)16(13)10-5-2-1-3-6-10/h4,7-8,10-11,14H,1-3,5-6,9H2/t11-,14-/m1/s1. The first-order valence-corrected chi connectivity index (χ1v) is 9.91. The van der Waals surface area contributed by atoms with Gasteiger partial charge in [0.2, 0.25) is 0 Å². The molecule has 1 aromatic heterocycles. The van der Waals surface area contributed by atoms with Crippen molar-refractivity contribution in [2.75, 3.05) is 5.75 Å². The molecular formula is C15H18N2OS3. The van der Waals surface area contributed by atoms with Gasteiger partial charge in [0.25, 0.3) is 5.91 Å². The first kappa shape index (κ1) is 14.0. The fourth-order valence-corrected chi connectivity index (χ4v) is 6.56. The fraction of sp³-hybridized carbons (Fsp3) is 0.600. The Morgan fingerprint density at radius 2 is 2.05 bits per heavy atom. The Morgan fingerprint density at radius 1 is 1.24 bits per heavy atom. The van der Waals surface area contributed by atoms with Gasteiger partial charge in [-0.2, -0.15) is 0 Å². The van der Waals surface area contributed by atoms with Gasteiger partial charge in [-0.15, -0.1) is 23.1 Å². The summed E-state index contributed by atoms with van der Waals surface area (Å²) in [4.78, 5) is 18.3. The summed E-state index contributed by atoms with van der Waals surface area (Å²) in [6, 6.07) is 4.55.